The fourth-order valence-corrected chi connectivity index (χ4v) is 4.87. The van der Waals surface area contributed by atoms with E-state index in [2.05, 4.69) is 10.0 Å². The molecule has 0 bridgehead atoms. The molecule has 2 N–H and O–H groups in total. The van der Waals surface area contributed by atoms with E-state index in [9.17, 15) is 18.0 Å². The molecule has 1 aliphatic heterocycles. The van der Waals surface area contributed by atoms with Crippen LogP contribution in [0.5, 0.6) is 0 Å². The van der Waals surface area contributed by atoms with E-state index in [-0.39, 0.29) is 16.7 Å². The van der Waals surface area contributed by atoms with Crippen molar-refractivity contribution in [1.82, 2.24) is 4.72 Å². The number of amides is 2. The van der Waals surface area contributed by atoms with Crippen LogP contribution in [0.25, 0.3) is 0 Å². The highest BCUT2D eigenvalue weighted by atomic mass is 35.5. The van der Waals surface area contributed by atoms with Crippen molar-refractivity contribution in [2.45, 2.75) is 37.6 Å². The number of anilines is 2. The first-order valence-corrected chi connectivity index (χ1v) is 11.5. The highest BCUT2D eigenvalue weighted by molar-refractivity contribution is 7.89. The Labute approximate surface area is 181 Å². The molecule has 2 aromatic rings. The third-order valence-electron chi connectivity index (χ3n) is 4.86. The monoisotopic (exact) mass is 449 g/mol. The van der Waals surface area contributed by atoms with Gasteiger partial charge in [-0.25, -0.2) is 8.42 Å². The number of benzene rings is 2. The Balaban J connectivity index is 1.72. The van der Waals surface area contributed by atoms with Gasteiger partial charge in [0.05, 0.1) is 4.90 Å². The minimum atomic E-state index is -3.93. The number of hydrogen-bond acceptors (Lipinski definition) is 4. The predicted molar refractivity (Wildman–Crippen MR) is 117 cm³/mol. The molecule has 0 saturated carbocycles. The number of carbonyl (C=O) groups excluding carboxylic acids is 2. The Bertz CT molecular complexity index is 1040. The first kappa shape index (κ1) is 22.3. The molecule has 0 radical (unpaired) electrons. The van der Waals surface area contributed by atoms with E-state index < -0.39 is 22.0 Å². The van der Waals surface area contributed by atoms with Crippen LogP contribution in [0, 0.1) is 5.92 Å². The molecule has 7 nitrogen and oxygen atoms in total. The fourth-order valence-electron chi connectivity index (χ4n) is 3.23. The number of nitrogens with zero attached hydrogens (tertiary/aromatic N) is 1. The zero-order valence-electron chi connectivity index (χ0n) is 16.8. The van der Waals surface area contributed by atoms with Crippen LogP contribution in [0.4, 0.5) is 11.4 Å². The zero-order chi connectivity index (χ0) is 21.9. The third kappa shape index (κ3) is 5.19. The summed E-state index contributed by atoms with van der Waals surface area (Å²) in [5.41, 5.74) is 1.29. The SMILES string of the molecule is CC(C)[C@@H](NS(=O)(=O)c1cccc(Cl)c1)C(=O)Nc1ccc(N2CCCC2=O)cc1. The van der Waals surface area contributed by atoms with Gasteiger partial charge in [0.2, 0.25) is 21.8 Å². The van der Waals surface area contributed by atoms with Crippen molar-refractivity contribution in [3.8, 4) is 0 Å². The zero-order valence-corrected chi connectivity index (χ0v) is 18.3. The first-order valence-electron chi connectivity index (χ1n) is 9.66. The maximum atomic E-state index is 12.8. The summed E-state index contributed by atoms with van der Waals surface area (Å²) in [5, 5.41) is 3.03. The molecule has 1 atom stereocenters. The average Bonchev–Trinajstić information content (AvgIpc) is 3.12. The summed E-state index contributed by atoms with van der Waals surface area (Å²) in [6.07, 6.45) is 1.38. The predicted octanol–water partition coefficient (Wildman–Crippen LogP) is 3.41. The second kappa shape index (κ2) is 9.16. The fraction of sp³-hybridized carbons (Fsp3) is 0.333. The van der Waals surface area contributed by atoms with Crippen LogP contribution in [-0.2, 0) is 19.6 Å². The minimum Gasteiger partial charge on any atom is -0.325 e. The lowest BCUT2D eigenvalue weighted by Crippen LogP contribution is -2.47. The molecule has 160 valence electrons. The van der Waals surface area contributed by atoms with Gasteiger partial charge in [0.15, 0.2) is 0 Å². The van der Waals surface area contributed by atoms with Gasteiger partial charge in [-0.05, 0) is 54.8 Å². The van der Waals surface area contributed by atoms with Crippen molar-refractivity contribution in [2.75, 3.05) is 16.8 Å². The van der Waals surface area contributed by atoms with Crippen molar-refractivity contribution in [3.63, 3.8) is 0 Å². The molecule has 2 amide bonds. The summed E-state index contributed by atoms with van der Waals surface area (Å²) in [4.78, 5) is 26.4. The Morgan fingerprint density at radius 1 is 1.13 bits per heavy atom. The van der Waals surface area contributed by atoms with E-state index in [1.165, 1.54) is 18.2 Å². The normalized spacial score (nSPS) is 15.5. The standard InChI is InChI=1S/C21H24ClN3O4S/c1-14(2)20(24-30(28,29)18-6-3-5-15(22)13-18)21(27)23-16-8-10-17(11-9-16)25-12-4-7-19(25)26/h3,5-6,8-11,13-14,20,24H,4,7,12H2,1-2H3,(H,23,27)/t20-/m1/s1. The molecule has 2 aromatic carbocycles. The van der Waals surface area contributed by atoms with Crippen LogP contribution >= 0.6 is 11.6 Å². The third-order valence-corrected chi connectivity index (χ3v) is 6.53. The van der Waals surface area contributed by atoms with Crippen molar-refractivity contribution < 1.29 is 18.0 Å². The summed E-state index contributed by atoms with van der Waals surface area (Å²) in [6, 6.07) is 11.8. The van der Waals surface area contributed by atoms with Gasteiger partial charge in [0.1, 0.15) is 6.04 Å². The number of hydrogen-bond donors (Lipinski definition) is 2. The van der Waals surface area contributed by atoms with Crippen molar-refractivity contribution in [3.05, 3.63) is 53.6 Å². The molecule has 0 spiro atoms. The lowest BCUT2D eigenvalue weighted by molar-refractivity contribution is -0.119. The molecule has 0 unspecified atom stereocenters. The van der Waals surface area contributed by atoms with Gasteiger partial charge in [-0.2, -0.15) is 4.72 Å². The van der Waals surface area contributed by atoms with Gasteiger partial charge in [-0.1, -0.05) is 31.5 Å². The maximum absolute atomic E-state index is 12.8. The van der Waals surface area contributed by atoms with Gasteiger partial charge in [0, 0.05) is 29.4 Å². The van der Waals surface area contributed by atoms with Crippen LogP contribution in [0.15, 0.2) is 53.4 Å². The van der Waals surface area contributed by atoms with Crippen LogP contribution in [0.2, 0.25) is 5.02 Å². The van der Waals surface area contributed by atoms with Crippen molar-refractivity contribution >= 4 is 44.8 Å². The smallest absolute Gasteiger partial charge is 0.242 e. The average molecular weight is 450 g/mol. The number of rotatable bonds is 7. The molecule has 0 aliphatic carbocycles. The molecule has 1 fully saturated rings. The highest BCUT2D eigenvalue weighted by Gasteiger charge is 2.29. The van der Waals surface area contributed by atoms with E-state index in [4.69, 9.17) is 11.6 Å². The van der Waals surface area contributed by atoms with Crippen LogP contribution in [0.1, 0.15) is 26.7 Å². The molecule has 1 aliphatic rings. The van der Waals surface area contributed by atoms with Crippen molar-refractivity contribution in [2.24, 2.45) is 5.92 Å². The lowest BCUT2D eigenvalue weighted by atomic mass is 10.0. The highest BCUT2D eigenvalue weighted by Crippen LogP contribution is 2.23. The Hall–Kier alpha value is -2.42. The van der Waals surface area contributed by atoms with Gasteiger partial charge in [-0.15, -0.1) is 0 Å². The molecular formula is C21H24ClN3O4S. The number of halogens is 1. The van der Waals surface area contributed by atoms with Crippen LogP contribution in [0.3, 0.4) is 0 Å². The van der Waals surface area contributed by atoms with Gasteiger partial charge < -0.3 is 10.2 Å². The molecule has 9 heteroatoms. The van der Waals surface area contributed by atoms with E-state index in [1.54, 1.807) is 49.1 Å². The van der Waals surface area contributed by atoms with E-state index in [0.717, 1.165) is 12.1 Å². The summed E-state index contributed by atoms with van der Waals surface area (Å²) in [7, 11) is -3.93. The largest absolute Gasteiger partial charge is 0.325 e. The first-order chi connectivity index (χ1) is 14.2. The number of carbonyl (C=O) groups is 2. The maximum Gasteiger partial charge on any atom is 0.242 e. The van der Waals surface area contributed by atoms with Crippen molar-refractivity contribution in [1.29, 1.82) is 0 Å². The van der Waals surface area contributed by atoms with Gasteiger partial charge in [-0.3, -0.25) is 9.59 Å². The Morgan fingerprint density at radius 3 is 2.40 bits per heavy atom. The Morgan fingerprint density at radius 2 is 1.83 bits per heavy atom. The molecular weight excluding hydrogens is 426 g/mol. The number of sulfonamides is 1. The topological polar surface area (TPSA) is 95.6 Å². The summed E-state index contributed by atoms with van der Waals surface area (Å²) < 4.78 is 27.8. The molecule has 1 heterocycles. The molecule has 1 saturated heterocycles. The second-order valence-corrected chi connectivity index (χ2v) is 9.64. The number of nitrogens with one attached hydrogen (secondary N) is 2. The van der Waals surface area contributed by atoms with E-state index in [0.29, 0.717) is 23.7 Å². The second-order valence-electron chi connectivity index (χ2n) is 7.49. The van der Waals surface area contributed by atoms with Crippen LogP contribution in [-0.4, -0.2) is 32.8 Å². The van der Waals surface area contributed by atoms with Gasteiger partial charge >= 0.3 is 0 Å². The molecule has 0 aromatic heterocycles. The van der Waals surface area contributed by atoms with Gasteiger partial charge in [0.25, 0.3) is 0 Å². The summed E-state index contributed by atoms with van der Waals surface area (Å²) in [6.45, 7) is 4.20. The molecule has 3 rings (SSSR count). The summed E-state index contributed by atoms with van der Waals surface area (Å²) >= 11 is 5.89. The van der Waals surface area contributed by atoms with E-state index >= 15 is 0 Å². The Kier molecular flexibility index (Phi) is 6.80. The van der Waals surface area contributed by atoms with E-state index in [1.807, 2.05) is 0 Å². The summed E-state index contributed by atoms with van der Waals surface area (Å²) in [5.74, 6) is -0.678. The molecule has 30 heavy (non-hydrogen) atoms. The quantitative estimate of drug-likeness (QED) is 0.677. The lowest BCUT2D eigenvalue weighted by Gasteiger charge is -2.22. The minimum absolute atomic E-state index is 0.00640. The van der Waals surface area contributed by atoms with Crippen LogP contribution < -0.4 is 14.9 Å².